The number of halogens is 1. The van der Waals surface area contributed by atoms with Gasteiger partial charge in [-0.25, -0.2) is 0 Å². The van der Waals surface area contributed by atoms with Crippen molar-refractivity contribution in [3.05, 3.63) is 56.7 Å². The molecule has 1 aromatic carbocycles. The predicted octanol–water partition coefficient (Wildman–Crippen LogP) is 4.33. The largest absolute Gasteiger partial charge is 0.293 e. The van der Waals surface area contributed by atoms with E-state index < -0.39 is 0 Å². The molecule has 0 spiro atoms. The lowest BCUT2D eigenvalue weighted by atomic mass is 10.1. The van der Waals surface area contributed by atoms with Crippen LogP contribution in [0.5, 0.6) is 0 Å². The van der Waals surface area contributed by atoms with Crippen molar-refractivity contribution in [3.63, 3.8) is 0 Å². The zero-order valence-corrected chi connectivity index (χ0v) is 11.1. The third-order valence-corrected chi connectivity index (χ3v) is 4.06. The molecule has 0 unspecified atom stereocenters. The highest BCUT2D eigenvalue weighted by molar-refractivity contribution is 9.10. The molecule has 0 atom stereocenters. The average Bonchev–Trinajstić information content (AvgIpc) is 2.81. The van der Waals surface area contributed by atoms with Gasteiger partial charge in [-0.2, -0.15) is 0 Å². The summed E-state index contributed by atoms with van der Waals surface area (Å²) in [5.74, 6) is 0.228. The molecule has 2 rings (SSSR count). The first-order valence-corrected chi connectivity index (χ1v) is 6.75. The molecular formula is C13H11BrOS. The molecule has 0 aliphatic rings. The summed E-state index contributed by atoms with van der Waals surface area (Å²) >= 11 is 5.00. The van der Waals surface area contributed by atoms with Crippen LogP contribution in [0.3, 0.4) is 0 Å². The summed E-state index contributed by atoms with van der Waals surface area (Å²) in [6, 6.07) is 11.8. The Kier molecular flexibility index (Phi) is 3.91. The Morgan fingerprint density at radius 1 is 1.19 bits per heavy atom. The third kappa shape index (κ3) is 2.80. The number of aryl methyl sites for hydroxylation is 1. The summed E-state index contributed by atoms with van der Waals surface area (Å²) < 4.78 is 1.08. The number of Topliss-reactive ketones (excluding diaryl/α,β-unsaturated/α-hetero) is 1. The molecular weight excluding hydrogens is 284 g/mol. The Balaban J connectivity index is 1.98. The van der Waals surface area contributed by atoms with Gasteiger partial charge in [-0.3, -0.25) is 4.79 Å². The Morgan fingerprint density at radius 2 is 2.00 bits per heavy atom. The molecule has 0 saturated carbocycles. The number of ketones is 1. The highest BCUT2D eigenvalue weighted by Gasteiger charge is 2.07. The number of hydrogen-bond donors (Lipinski definition) is 0. The van der Waals surface area contributed by atoms with Crippen molar-refractivity contribution in [2.45, 2.75) is 12.8 Å². The maximum atomic E-state index is 11.8. The first-order chi connectivity index (χ1) is 7.77. The van der Waals surface area contributed by atoms with Gasteiger partial charge in [0.25, 0.3) is 0 Å². The molecule has 0 N–H and O–H groups in total. The minimum atomic E-state index is 0.228. The van der Waals surface area contributed by atoms with Crippen molar-refractivity contribution in [1.29, 1.82) is 0 Å². The number of carbonyl (C=O) groups is 1. The number of rotatable bonds is 4. The molecule has 3 heteroatoms. The minimum absolute atomic E-state index is 0.228. The fourth-order valence-corrected chi connectivity index (χ4v) is 2.69. The topological polar surface area (TPSA) is 17.1 Å². The van der Waals surface area contributed by atoms with Crippen molar-refractivity contribution < 1.29 is 4.79 Å². The Morgan fingerprint density at radius 3 is 2.69 bits per heavy atom. The lowest BCUT2D eigenvalue weighted by Crippen LogP contribution is -1.98. The molecule has 0 amide bonds. The summed E-state index contributed by atoms with van der Waals surface area (Å²) in [6.07, 6.45) is 1.36. The van der Waals surface area contributed by atoms with E-state index >= 15 is 0 Å². The van der Waals surface area contributed by atoms with Crippen LogP contribution < -0.4 is 0 Å². The fourth-order valence-electron chi connectivity index (χ4n) is 1.51. The summed E-state index contributed by atoms with van der Waals surface area (Å²) in [6.45, 7) is 0. The summed E-state index contributed by atoms with van der Waals surface area (Å²) in [4.78, 5) is 12.6. The first-order valence-electron chi connectivity index (χ1n) is 5.07. The van der Waals surface area contributed by atoms with Crippen molar-refractivity contribution in [2.75, 3.05) is 0 Å². The van der Waals surface area contributed by atoms with Gasteiger partial charge in [-0.1, -0.05) is 40.2 Å². The van der Waals surface area contributed by atoms with Gasteiger partial charge in [-0.15, -0.1) is 11.3 Å². The third-order valence-electron chi connectivity index (χ3n) is 2.38. The quantitative estimate of drug-likeness (QED) is 0.767. The van der Waals surface area contributed by atoms with Gasteiger partial charge in [-0.05, 0) is 29.5 Å². The second kappa shape index (κ2) is 5.41. The Bertz CT molecular complexity index is 476. The van der Waals surface area contributed by atoms with Gasteiger partial charge in [0.2, 0.25) is 0 Å². The van der Waals surface area contributed by atoms with Gasteiger partial charge < -0.3 is 0 Å². The van der Waals surface area contributed by atoms with Gasteiger partial charge in [0, 0.05) is 10.9 Å². The van der Waals surface area contributed by atoms with Crippen LogP contribution in [0.1, 0.15) is 21.7 Å². The molecule has 1 nitrogen and oxygen atoms in total. The summed E-state index contributed by atoms with van der Waals surface area (Å²) in [5, 5.41) is 1.94. The molecule has 0 fully saturated rings. The van der Waals surface area contributed by atoms with Gasteiger partial charge in [0.15, 0.2) is 5.78 Å². The Labute approximate surface area is 107 Å². The van der Waals surface area contributed by atoms with Crippen molar-refractivity contribution in [2.24, 2.45) is 0 Å². The molecule has 0 aliphatic heterocycles. The summed E-state index contributed by atoms with van der Waals surface area (Å²) in [7, 11) is 0. The van der Waals surface area contributed by atoms with E-state index in [1.807, 2.05) is 41.8 Å². The van der Waals surface area contributed by atoms with E-state index in [-0.39, 0.29) is 5.78 Å². The lowest BCUT2D eigenvalue weighted by molar-refractivity contribution is 0.0986. The molecule has 0 aliphatic carbocycles. The van der Waals surface area contributed by atoms with E-state index in [0.717, 1.165) is 15.8 Å². The first kappa shape index (κ1) is 11.6. The molecule has 1 heterocycles. The van der Waals surface area contributed by atoms with Gasteiger partial charge in [0.05, 0.1) is 4.88 Å². The molecule has 0 bridgehead atoms. The van der Waals surface area contributed by atoms with Gasteiger partial charge in [0.1, 0.15) is 0 Å². The molecule has 1 aromatic heterocycles. The van der Waals surface area contributed by atoms with Crippen LogP contribution >= 0.6 is 27.3 Å². The number of benzene rings is 1. The van der Waals surface area contributed by atoms with E-state index in [0.29, 0.717) is 6.42 Å². The smallest absolute Gasteiger partial charge is 0.173 e. The maximum Gasteiger partial charge on any atom is 0.173 e. The average molecular weight is 295 g/mol. The molecule has 82 valence electrons. The zero-order valence-electron chi connectivity index (χ0n) is 8.65. The highest BCUT2D eigenvalue weighted by atomic mass is 79.9. The van der Waals surface area contributed by atoms with E-state index in [2.05, 4.69) is 15.9 Å². The second-order valence-corrected chi connectivity index (χ2v) is 5.29. The Hall–Kier alpha value is -0.930. The van der Waals surface area contributed by atoms with E-state index in [1.54, 1.807) is 0 Å². The number of hydrogen-bond acceptors (Lipinski definition) is 2. The van der Waals surface area contributed by atoms with Crippen LogP contribution in [0, 0.1) is 0 Å². The normalized spacial score (nSPS) is 10.3. The maximum absolute atomic E-state index is 11.8. The SMILES string of the molecule is O=C(CCc1ccccc1Br)c1cccs1. The zero-order chi connectivity index (χ0) is 11.4. The van der Waals surface area contributed by atoms with Crippen molar-refractivity contribution in [1.82, 2.24) is 0 Å². The summed E-state index contributed by atoms with van der Waals surface area (Å²) in [5.41, 5.74) is 1.19. The minimum Gasteiger partial charge on any atom is -0.293 e. The molecule has 0 radical (unpaired) electrons. The van der Waals surface area contributed by atoms with Crippen LogP contribution in [-0.2, 0) is 6.42 Å². The fraction of sp³-hybridized carbons (Fsp3) is 0.154. The second-order valence-electron chi connectivity index (χ2n) is 3.49. The van der Waals surface area contributed by atoms with Crippen molar-refractivity contribution >= 4 is 33.0 Å². The van der Waals surface area contributed by atoms with Crippen LogP contribution in [0.4, 0.5) is 0 Å². The van der Waals surface area contributed by atoms with E-state index in [4.69, 9.17) is 0 Å². The highest BCUT2D eigenvalue weighted by Crippen LogP contribution is 2.19. The van der Waals surface area contributed by atoms with E-state index in [1.165, 1.54) is 16.9 Å². The van der Waals surface area contributed by atoms with Crippen LogP contribution in [0.25, 0.3) is 0 Å². The van der Waals surface area contributed by atoms with Crippen LogP contribution in [0.15, 0.2) is 46.3 Å². The molecule has 16 heavy (non-hydrogen) atoms. The van der Waals surface area contributed by atoms with Gasteiger partial charge >= 0.3 is 0 Å². The lowest BCUT2D eigenvalue weighted by Gasteiger charge is -2.02. The monoisotopic (exact) mass is 294 g/mol. The van der Waals surface area contributed by atoms with Crippen LogP contribution in [-0.4, -0.2) is 5.78 Å². The van der Waals surface area contributed by atoms with Crippen molar-refractivity contribution in [3.8, 4) is 0 Å². The standard InChI is InChI=1S/C13H11BrOS/c14-11-5-2-1-4-10(11)7-8-12(15)13-6-3-9-16-13/h1-6,9H,7-8H2. The number of thiophene rings is 1. The van der Waals surface area contributed by atoms with Crippen LogP contribution in [0.2, 0.25) is 0 Å². The van der Waals surface area contributed by atoms with E-state index in [9.17, 15) is 4.79 Å². The number of carbonyl (C=O) groups excluding carboxylic acids is 1. The molecule has 2 aromatic rings. The predicted molar refractivity (Wildman–Crippen MR) is 71.1 cm³/mol. The molecule has 0 saturated heterocycles.